The molecule has 0 bridgehead atoms. The lowest BCUT2D eigenvalue weighted by Gasteiger charge is -2.46. The van der Waals surface area contributed by atoms with E-state index in [-0.39, 0.29) is 12.4 Å². The summed E-state index contributed by atoms with van der Waals surface area (Å²) in [6, 6.07) is 12.9. The van der Waals surface area contributed by atoms with Crippen molar-refractivity contribution in [1.82, 2.24) is 9.34 Å². The smallest absolute Gasteiger partial charge is 0.125 e. The van der Waals surface area contributed by atoms with Gasteiger partial charge in [0.2, 0.25) is 0 Å². The van der Waals surface area contributed by atoms with Crippen molar-refractivity contribution in [2.24, 2.45) is 0 Å². The minimum absolute atomic E-state index is 0. The molecule has 2 aliphatic rings. The highest BCUT2D eigenvalue weighted by Gasteiger charge is 2.37. The molecule has 2 aliphatic heterocycles. The number of rotatable bonds is 4. The van der Waals surface area contributed by atoms with Crippen molar-refractivity contribution in [2.75, 3.05) is 71.6 Å². The second-order valence-corrected chi connectivity index (χ2v) is 10.1. The molecule has 0 radical (unpaired) electrons. The molecule has 2 aromatic rings. The zero-order valence-corrected chi connectivity index (χ0v) is 18.3. The van der Waals surface area contributed by atoms with E-state index in [0.29, 0.717) is 26.4 Å². The Kier molecular flexibility index (Phi) is 7.02. The molecule has 0 spiro atoms. The number of anilines is 1. The lowest BCUT2D eigenvalue weighted by Crippen LogP contribution is -2.46. The van der Waals surface area contributed by atoms with E-state index >= 15 is 0 Å². The Morgan fingerprint density at radius 1 is 0.821 bits per heavy atom. The van der Waals surface area contributed by atoms with E-state index in [1.165, 1.54) is 16.5 Å². The van der Waals surface area contributed by atoms with Crippen LogP contribution in [0.1, 0.15) is 0 Å². The molecular weight excluding hydrogens is 395 g/mol. The van der Waals surface area contributed by atoms with Gasteiger partial charge in [0.1, 0.15) is 7.36 Å². The number of nitrogens with zero attached hydrogens (tertiary/aromatic N) is 3. The molecule has 6 nitrogen and oxygen atoms in total. The minimum Gasteiger partial charge on any atom is -0.379 e. The van der Waals surface area contributed by atoms with Crippen molar-refractivity contribution in [2.45, 2.75) is 0 Å². The Labute approximate surface area is 173 Å². The van der Waals surface area contributed by atoms with E-state index in [0.717, 1.165) is 31.5 Å². The highest BCUT2D eigenvalue weighted by atomic mass is 35.5. The third-order valence-corrected chi connectivity index (χ3v) is 8.99. The molecule has 4 rings (SSSR count). The first kappa shape index (κ1) is 21.6. The summed E-state index contributed by atoms with van der Waals surface area (Å²) in [5.74, 6) is 0. The summed E-state index contributed by atoms with van der Waals surface area (Å²) in [5, 5.41) is 13.4. The minimum atomic E-state index is -2.43. The fourth-order valence-electron chi connectivity index (χ4n) is 4.10. The second kappa shape index (κ2) is 9.12. The van der Waals surface area contributed by atoms with E-state index < -0.39 is 7.36 Å². The predicted molar refractivity (Wildman–Crippen MR) is 120 cm³/mol. The first-order chi connectivity index (χ1) is 13.1. The van der Waals surface area contributed by atoms with E-state index in [1.54, 1.807) is 0 Å². The molecule has 0 unspecified atom stereocenters. The van der Waals surface area contributed by atoms with Gasteiger partial charge in [0, 0.05) is 56.7 Å². The first-order valence-electron chi connectivity index (χ1n) is 9.62. The van der Waals surface area contributed by atoms with Crippen molar-refractivity contribution in [1.29, 1.82) is 5.16 Å². The molecule has 0 atom stereocenters. The molecule has 28 heavy (non-hydrogen) atoms. The third-order valence-electron chi connectivity index (χ3n) is 5.49. The molecule has 0 aromatic heterocycles. The molecule has 0 amide bonds. The average Bonchev–Trinajstić information content (AvgIpc) is 2.73. The van der Waals surface area contributed by atoms with E-state index in [1.807, 2.05) is 0 Å². The first-order valence-corrected chi connectivity index (χ1v) is 11.3. The van der Waals surface area contributed by atoms with Gasteiger partial charge >= 0.3 is 0 Å². The highest BCUT2D eigenvalue weighted by Crippen LogP contribution is 2.55. The normalized spacial score (nSPS) is 19.4. The Bertz CT molecular complexity index is 829. The standard InChI is InChI=1S/C20H29N4O2P.ClH/c1-22(2)19-7-8-20(18-6-4-3-5-17(18)19)27(21,23-9-13-25-14-10-23)24-11-15-26-16-12-24;/h3-8,21H,9-16H2,1-2H3;1H. The highest BCUT2D eigenvalue weighted by molar-refractivity contribution is 7.68. The number of fused-ring (bicyclic) bond motifs is 1. The lowest BCUT2D eigenvalue weighted by atomic mass is 10.1. The summed E-state index contributed by atoms with van der Waals surface area (Å²) >= 11 is 0. The van der Waals surface area contributed by atoms with Crippen LogP contribution in [0.15, 0.2) is 36.4 Å². The van der Waals surface area contributed by atoms with E-state index in [9.17, 15) is 5.16 Å². The molecule has 0 aliphatic carbocycles. The number of hydrogen-bond acceptors (Lipinski definition) is 4. The maximum atomic E-state index is 9.85. The van der Waals surface area contributed by atoms with Crippen LogP contribution in [0.2, 0.25) is 0 Å². The number of benzene rings is 2. The Hall–Kier alpha value is -1.14. The van der Waals surface area contributed by atoms with Crippen LogP contribution in [0.25, 0.3) is 10.8 Å². The maximum Gasteiger partial charge on any atom is 0.125 e. The van der Waals surface area contributed by atoms with Crippen LogP contribution >= 0.6 is 19.8 Å². The lowest BCUT2D eigenvalue weighted by molar-refractivity contribution is 0.0575. The molecular formula is C20H30ClN4O2P. The second-order valence-electron chi connectivity index (χ2n) is 7.28. The fraction of sp³-hybridized carbons (Fsp3) is 0.500. The molecule has 2 fully saturated rings. The number of ether oxygens (including phenoxy) is 2. The van der Waals surface area contributed by atoms with E-state index in [4.69, 9.17) is 9.47 Å². The van der Waals surface area contributed by atoms with Gasteiger partial charge in [-0.05, 0) is 17.5 Å². The molecule has 8 heteroatoms. The quantitative estimate of drug-likeness (QED) is 0.764. The molecule has 2 heterocycles. The van der Waals surface area contributed by atoms with Crippen LogP contribution in [0.4, 0.5) is 5.69 Å². The van der Waals surface area contributed by atoms with Gasteiger partial charge in [-0.1, -0.05) is 24.3 Å². The Morgan fingerprint density at radius 3 is 1.82 bits per heavy atom. The van der Waals surface area contributed by atoms with Crippen LogP contribution in [0.3, 0.4) is 0 Å². The Balaban J connectivity index is 0.00000225. The third kappa shape index (κ3) is 3.82. The monoisotopic (exact) mass is 424 g/mol. The van der Waals surface area contributed by atoms with Crippen molar-refractivity contribution in [3.05, 3.63) is 36.4 Å². The topological polar surface area (TPSA) is 52.0 Å². The summed E-state index contributed by atoms with van der Waals surface area (Å²) in [4.78, 5) is 2.15. The van der Waals surface area contributed by atoms with Gasteiger partial charge in [0.05, 0.1) is 26.4 Å². The molecule has 154 valence electrons. The SMILES string of the molecule is CN(C)c1ccc(P(=N)(N2CCOCC2)N2CCOCC2)c2ccccc12.Cl. The number of nitrogens with one attached hydrogen (secondary N) is 1. The zero-order chi connectivity index (χ0) is 18.9. The number of hydrogen-bond donors (Lipinski definition) is 1. The summed E-state index contributed by atoms with van der Waals surface area (Å²) in [6.07, 6.45) is 0. The summed E-state index contributed by atoms with van der Waals surface area (Å²) in [7, 11) is 1.73. The average molecular weight is 425 g/mol. The van der Waals surface area contributed by atoms with Gasteiger partial charge in [-0.3, -0.25) is 5.16 Å². The van der Waals surface area contributed by atoms with Gasteiger partial charge in [0.15, 0.2) is 0 Å². The van der Waals surface area contributed by atoms with Crippen molar-refractivity contribution in [3.8, 4) is 0 Å². The van der Waals surface area contributed by atoms with Gasteiger partial charge in [0.25, 0.3) is 0 Å². The van der Waals surface area contributed by atoms with Crippen molar-refractivity contribution < 1.29 is 9.47 Å². The summed E-state index contributed by atoms with van der Waals surface area (Å²) in [6.45, 7) is 6.10. The van der Waals surface area contributed by atoms with Crippen LogP contribution < -0.4 is 10.2 Å². The van der Waals surface area contributed by atoms with E-state index in [2.05, 4.69) is 64.7 Å². The van der Waals surface area contributed by atoms with Gasteiger partial charge < -0.3 is 14.4 Å². The predicted octanol–water partition coefficient (Wildman–Crippen LogP) is 3.23. The molecule has 0 saturated carbocycles. The van der Waals surface area contributed by atoms with Crippen LogP contribution in [0, 0.1) is 5.16 Å². The number of morpholine rings is 2. The molecule has 2 aromatic carbocycles. The summed E-state index contributed by atoms with van der Waals surface area (Å²) in [5.41, 5.74) is 1.20. The molecule has 1 N–H and O–H groups in total. The summed E-state index contributed by atoms with van der Waals surface area (Å²) < 4.78 is 15.9. The van der Waals surface area contributed by atoms with Crippen molar-refractivity contribution >= 4 is 41.5 Å². The van der Waals surface area contributed by atoms with Gasteiger partial charge in [-0.15, -0.1) is 12.4 Å². The fourth-order valence-corrected chi connectivity index (χ4v) is 7.36. The maximum absolute atomic E-state index is 9.85. The zero-order valence-electron chi connectivity index (χ0n) is 16.6. The largest absolute Gasteiger partial charge is 0.379 e. The van der Waals surface area contributed by atoms with Gasteiger partial charge in [-0.25, -0.2) is 9.34 Å². The van der Waals surface area contributed by atoms with Crippen LogP contribution in [0.5, 0.6) is 0 Å². The van der Waals surface area contributed by atoms with Gasteiger partial charge in [-0.2, -0.15) is 0 Å². The van der Waals surface area contributed by atoms with Crippen LogP contribution in [-0.4, -0.2) is 76.0 Å². The Morgan fingerprint density at radius 2 is 1.32 bits per heavy atom. The number of halogens is 1. The molecule has 2 saturated heterocycles. The van der Waals surface area contributed by atoms with Crippen LogP contribution in [-0.2, 0) is 9.47 Å². The van der Waals surface area contributed by atoms with Crippen molar-refractivity contribution in [3.63, 3.8) is 0 Å².